The van der Waals surface area contributed by atoms with Crippen LogP contribution in [0.25, 0.3) is 0 Å². The lowest BCUT2D eigenvalue weighted by Crippen LogP contribution is -2.64. The van der Waals surface area contributed by atoms with E-state index in [4.69, 9.17) is 4.74 Å². The largest absolute Gasteiger partial charge is 0.481 e. The van der Waals surface area contributed by atoms with Crippen molar-refractivity contribution in [3.05, 3.63) is 0 Å². The minimum absolute atomic E-state index is 0.0664. The van der Waals surface area contributed by atoms with E-state index in [0.717, 1.165) is 37.5 Å². The molecule has 0 aromatic carbocycles. The van der Waals surface area contributed by atoms with E-state index in [0.29, 0.717) is 11.3 Å². The molecule has 0 amide bonds. The topological polar surface area (TPSA) is 63.6 Å². The Morgan fingerprint density at radius 3 is 2.31 bits per heavy atom. The van der Waals surface area contributed by atoms with Gasteiger partial charge in [-0.1, -0.05) is 20.3 Å². The van der Waals surface area contributed by atoms with Gasteiger partial charge in [-0.15, -0.1) is 0 Å². The van der Waals surface area contributed by atoms with Gasteiger partial charge in [0.15, 0.2) is 0 Å². The third-order valence-corrected chi connectivity index (χ3v) is 10.2. The summed E-state index contributed by atoms with van der Waals surface area (Å²) in [5, 5.41) is 10.1. The van der Waals surface area contributed by atoms with Crippen molar-refractivity contribution < 1.29 is 19.4 Å². The maximum Gasteiger partial charge on any atom is 0.309 e. The number of hydrogen-bond donors (Lipinski definition) is 1. The van der Waals surface area contributed by atoms with Crippen LogP contribution in [-0.2, 0) is 14.3 Å². The van der Waals surface area contributed by atoms with Gasteiger partial charge >= 0.3 is 11.9 Å². The lowest BCUT2D eigenvalue weighted by atomic mass is 9.38. The first kappa shape index (κ1) is 17.1. The molecular weight excluding hydrogens is 328 g/mol. The minimum atomic E-state index is -0.694. The van der Waals surface area contributed by atoms with Crippen LogP contribution in [0.3, 0.4) is 0 Å². The number of carboxylic acid groups (broad SMARTS) is 1. The van der Waals surface area contributed by atoms with Crippen molar-refractivity contribution in [1.82, 2.24) is 0 Å². The number of fused-ring (bicyclic) bond motifs is 1. The average molecular weight is 360 g/mol. The maximum atomic E-state index is 12.3. The molecule has 6 rings (SSSR count). The summed E-state index contributed by atoms with van der Waals surface area (Å²) in [6, 6.07) is 0. The zero-order valence-corrected chi connectivity index (χ0v) is 16.5. The number of rotatable bonds is 2. The molecule has 6 aliphatic carbocycles. The van der Waals surface area contributed by atoms with E-state index in [1.54, 1.807) is 0 Å². The summed E-state index contributed by atoms with van der Waals surface area (Å²) in [6.07, 6.45) is 7.14. The molecule has 0 unspecified atom stereocenters. The third-order valence-electron chi connectivity index (χ3n) is 10.2. The van der Waals surface area contributed by atoms with Gasteiger partial charge < -0.3 is 9.84 Å². The summed E-state index contributed by atoms with van der Waals surface area (Å²) < 4.78 is 5.97. The van der Waals surface area contributed by atoms with Crippen molar-refractivity contribution in [3.8, 4) is 0 Å². The van der Waals surface area contributed by atoms with Crippen LogP contribution in [0.1, 0.15) is 72.6 Å². The van der Waals surface area contributed by atoms with Crippen molar-refractivity contribution in [3.63, 3.8) is 0 Å². The van der Waals surface area contributed by atoms with E-state index < -0.39 is 11.4 Å². The Morgan fingerprint density at radius 2 is 1.73 bits per heavy atom. The molecule has 0 heterocycles. The summed E-state index contributed by atoms with van der Waals surface area (Å²) in [7, 11) is 0. The van der Waals surface area contributed by atoms with Gasteiger partial charge in [0.2, 0.25) is 0 Å². The Hall–Kier alpha value is -1.06. The molecule has 0 aromatic rings. The normalized spacial score (nSPS) is 59.2. The fourth-order valence-corrected chi connectivity index (χ4v) is 9.11. The third kappa shape index (κ3) is 1.73. The predicted octanol–water partition coefficient (Wildman–Crippen LogP) is 4.27. The molecule has 0 aliphatic heterocycles. The zero-order chi connectivity index (χ0) is 18.7. The molecule has 9 atom stereocenters. The van der Waals surface area contributed by atoms with Crippen molar-refractivity contribution in [2.45, 2.75) is 78.7 Å². The average Bonchev–Trinajstić information content (AvgIpc) is 2.99. The molecule has 0 radical (unpaired) electrons. The number of aliphatic carboxylic acids is 1. The number of esters is 1. The first-order valence-electron chi connectivity index (χ1n) is 10.5. The van der Waals surface area contributed by atoms with Gasteiger partial charge in [-0.25, -0.2) is 0 Å². The lowest BCUT2D eigenvalue weighted by Gasteiger charge is -2.66. The van der Waals surface area contributed by atoms with E-state index in [9.17, 15) is 14.7 Å². The van der Waals surface area contributed by atoms with E-state index in [-0.39, 0.29) is 28.8 Å². The monoisotopic (exact) mass is 360 g/mol. The van der Waals surface area contributed by atoms with Crippen LogP contribution in [0.5, 0.6) is 0 Å². The highest BCUT2D eigenvalue weighted by molar-refractivity contribution is 5.75. The quantitative estimate of drug-likeness (QED) is 0.747. The molecule has 6 aliphatic rings. The van der Waals surface area contributed by atoms with Crippen LogP contribution in [0.2, 0.25) is 0 Å². The van der Waals surface area contributed by atoms with Gasteiger partial charge in [-0.3, -0.25) is 9.59 Å². The first-order valence-corrected chi connectivity index (χ1v) is 10.5. The number of carboxylic acids is 1. The molecule has 6 fully saturated rings. The van der Waals surface area contributed by atoms with Crippen molar-refractivity contribution >= 4 is 11.9 Å². The molecule has 4 bridgehead atoms. The van der Waals surface area contributed by atoms with Crippen molar-refractivity contribution in [1.29, 1.82) is 0 Å². The molecule has 4 nitrogen and oxygen atoms in total. The maximum absolute atomic E-state index is 12.3. The first-order chi connectivity index (χ1) is 12.1. The molecule has 6 saturated carbocycles. The number of carbonyl (C=O) groups excluding carboxylic acids is 1. The van der Waals surface area contributed by atoms with Crippen molar-refractivity contribution in [2.75, 3.05) is 0 Å². The van der Waals surface area contributed by atoms with E-state index in [1.807, 2.05) is 6.92 Å². The van der Waals surface area contributed by atoms with Gasteiger partial charge in [0, 0.05) is 12.3 Å². The number of ether oxygens (including phenoxy) is 1. The molecule has 144 valence electrons. The number of hydrogen-bond acceptors (Lipinski definition) is 3. The van der Waals surface area contributed by atoms with Crippen LogP contribution >= 0.6 is 0 Å². The Labute approximate surface area is 156 Å². The molecule has 4 heteroatoms. The van der Waals surface area contributed by atoms with Gasteiger partial charge in [-0.05, 0) is 80.0 Å². The summed E-state index contributed by atoms with van der Waals surface area (Å²) in [5.41, 5.74) is -0.0674. The Balaban J connectivity index is 1.61. The van der Waals surface area contributed by atoms with Gasteiger partial charge in [0.1, 0.15) is 6.10 Å². The predicted molar refractivity (Wildman–Crippen MR) is 96.2 cm³/mol. The van der Waals surface area contributed by atoms with E-state index in [2.05, 4.69) is 13.8 Å². The highest BCUT2D eigenvalue weighted by Gasteiger charge is 2.81. The van der Waals surface area contributed by atoms with Crippen LogP contribution in [0.15, 0.2) is 0 Å². The highest BCUT2D eigenvalue weighted by Crippen LogP contribution is 2.85. The smallest absolute Gasteiger partial charge is 0.309 e. The standard InChI is InChI=1S/C22H32O4/c1-12(23)26-17-9-15-19(2,6-5-7-20(15,3)18(24)25)16-8-13-14-10-22(16,17)11-21(13,14)4/h13-17H,5-11H2,1-4H3,(H,24,25)/t13-,14+,15+,16+,17+,19-,20-,21-,22-/m1/s1. The fourth-order valence-electron chi connectivity index (χ4n) is 9.11. The second-order valence-corrected chi connectivity index (χ2v) is 11.1. The summed E-state index contributed by atoms with van der Waals surface area (Å²) in [6.45, 7) is 8.29. The van der Waals surface area contributed by atoms with Crippen LogP contribution in [0.4, 0.5) is 0 Å². The van der Waals surface area contributed by atoms with E-state index >= 15 is 0 Å². The SMILES string of the molecule is CC(=O)O[C@H]1C[C@H]2[C@@](C)(CCC[C@@]2(C)C(=O)O)[C@@H]2C[C@@H]3[C@@H]4C[C@]12C[C@]34C. The minimum Gasteiger partial charge on any atom is -0.481 e. The second kappa shape index (κ2) is 4.67. The summed E-state index contributed by atoms with van der Waals surface area (Å²) in [4.78, 5) is 24.2. The molecule has 1 N–H and O–H groups in total. The molecule has 0 aromatic heterocycles. The van der Waals surface area contributed by atoms with Crippen molar-refractivity contribution in [2.24, 2.45) is 45.3 Å². The Morgan fingerprint density at radius 1 is 1.00 bits per heavy atom. The van der Waals surface area contributed by atoms with Crippen LogP contribution < -0.4 is 0 Å². The highest BCUT2D eigenvalue weighted by atomic mass is 16.5. The van der Waals surface area contributed by atoms with Crippen LogP contribution in [-0.4, -0.2) is 23.1 Å². The zero-order valence-electron chi connectivity index (χ0n) is 16.5. The molecule has 0 saturated heterocycles. The lowest BCUT2D eigenvalue weighted by molar-refractivity contribution is -0.228. The summed E-state index contributed by atoms with van der Waals surface area (Å²) >= 11 is 0. The summed E-state index contributed by atoms with van der Waals surface area (Å²) in [5.74, 6) is 1.38. The Bertz CT molecular complexity index is 702. The molecular formula is C22H32O4. The van der Waals surface area contributed by atoms with Gasteiger partial charge in [-0.2, -0.15) is 0 Å². The van der Waals surface area contributed by atoms with Crippen LogP contribution in [0, 0.1) is 45.3 Å². The van der Waals surface area contributed by atoms with Gasteiger partial charge in [0.05, 0.1) is 5.41 Å². The van der Waals surface area contributed by atoms with Gasteiger partial charge in [0.25, 0.3) is 0 Å². The fraction of sp³-hybridized carbons (Fsp3) is 0.909. The Kier molecular flexibility index (Phi) is 3.07. The molecule has 26 heavy (non-hydrogen) atoms. The number of carbonyl (C=O) groups is 2. The molecule has 1 spiro atoms. The second-order valence-electron chi connectivity index (χ2n) is 11.1. The van der Waals surface area contributed by atoms with E-state index in [1.165, 1.54) is 26.2 Å².